The van der Waals surface area contributed by atoms with Crippen LogP contribution in [-0.4, -0.2) is 28.7 Å². The zero-order valence-corrected chi connectivity index (χ0v) is 11.9. The summed E-state index contributed by atoms with van der Waals surface area (Å²) >= 11 is 0. The van der Waals surface area contributed by atoms with Crippen LogP contribution in [0.1, 0.15) is 39.5 Å². The molecule has 0 unspecified atom stereocenters. The number of hydrogen-bond donors (Lipinski definition) is 2. The van der Waals surface area contributed by atoms with E-state index in [1.54, 1.807) is 12.3 Å². The zero-order valence-electron chi connectivity index (χ0n) is 11.9. The second kappa shape index (κ2) is 6.19. The highest BCUT2D eigenvalue weighted by atomic mass is 16.5. The van der Waals surface area contributed by atoms with Crippen molar-refractivity contribution in [3.63, 3.8) is 0 Å². The van der Waals surface area contributed by atoms with E-state index in [4.69, 9.17) is 10.5 Å². The van der Waals surface area contributed by atoms with Gasteiger partial charge in [0.25, 0.3) is 0 Å². The van der Waals surface area contributed by atoms with Gasteiger partial charge < -0.3 is 15.8 Å². The van der Waals surface area contributed by atoms with Gasteiger partial charge in [0.15, 0.2) is 0 Å². The number of nitrogens with two attached hydrogens (primary N) is 1. The number of hydrogen-bond acceptors (Lipinski definition) is 5. The lowest BCUT2D eigenvalue weighted by Gasteiger charge is -2.39. The normalized spacial score (nSPS) is 27.0. The molecule has 1 aromatic heterocycles. The standard InChI is InChI=1S/C14H24N4O/c1-3-19-12-6-9-16-13(17-12)18-14(10-15)7-4-11(2)5-8-14/h6,9,11H,3-5,7-8,10,15H2,1-2H3,(H,16,17,18). The van der Waals surface area contributed by atoms with Crippen molar-refractivity contribution in [1.82, 2.24) is 9.97 Å². The van der Waals surface area contributed by atoms with Gasteiger partial charge in [-0.15, -0.1) is 0 Å². The Balaban J connectivity index is 2.07. The average molecular weight is 264 g/mol. The quantitative estimate of drug-likeness (QED) is 0.853. The molecule has 5 heteroatoms. The van der Waals surface area contributed by atoms with Crippen LogP contribution < -0.4 is 15.8 Å². The van der Waals surface area contributed by atoms with Crippen molar-refractivity contribution >= 4 is 5.95 Å². The summed E-state index contributed by atoms with van der Waals surface area (Å²) in [4.78, 5) is 8.64. The number of ether oxygens (including phenoxy) is 1. The minimum absolute atomic E-state index is 0.0582. The van der Waals surface area contributed by atoms with Crippen LogP contribution in [0.5, 0.6) is 5.88 Å². The van der Waals surface area contributed by atoms with Crippen LogP contribution in [0, 0.1) is 5.92 Å². The Morgan fingerprint density at radius 2 is 2.21 bits per heavy atom. The van der Waals surface area contributed by atoms with Crippen LogP contribution >= 0.6 is 0 Å². The summed E-state index contributed by atoms with van der Waals surface area (Å²) in [5.74, 6) is 2.01. The van der Waals surface area contributed by atoms with Gasteiger partial charge in [0, 0.05) is 18.8 Å². The highest BCUT2D eigenvalue weighted by Crippen LogP contribution is 2.33. The summed E-state index contributed by atoms with van der Waals surface area (Å²) in [7, 11) is 0. The van der Waals surface area contributed by atoms with Crippen molar-refractivity contribution in [2.45, 2.75) is 45.1 Å². The van der Waals surface area contributed by atoms with E-state index in [2.05, 4.69) is 22.2 Å². The summed E-state index contributed by atoms with van der Waals surface area (Å²) in [6.45, 7) is 5.46. The first-order chi connectivity index (χ1) is 9.17. The van der Waals surface area contributed by atoms with Gasteiger partial charge in [-0.3, -0.25) is 0 Å². The molecule has 0 aliphatic heterocycles. The lowest BCUT2D eigenvalue weighted by atomic mass is 9.77. The molecule has 0 aromatic carbocycles. The molecule has 0 atom stereocenters. The van der Waals surface area contributed by atoms with Crippen LogP contribution in [0.25, 0.3) is 0 Å². The van der Waals surface area contributed by atoms with Crippen molar-refractivity contribution in [2.75, 3.05) is 18.5 Å². The van der Waals surface area contributed by atoms with Gasteiger partial charge in [0.2, 0.25) is 11.8 Å². The number of nitrogens with zero attached hydrogens (tertiary/aromatic N) is 2. The van der Waals surface area contributed by atoms with Crippen molar-refractivity contribution < 1.29 is 4.74 Å². The molecular weight excluding hydrogens is 240 g/mol. The van der Waals surface area contributed by atoms with Crippen LogP contribution in [0.3, 0.4) is 0 Å². The molecule has 1 aliphatic carbocycles. The Bertz CT molecular complexity index is 402. The Labute approximate surface area is 115 Å². The number of anilines is 1. The summed E-state index contributed by atoms with van der Waals surface area (Å²) < 4.78 is 5.40. The lowest BCUT2D eigenvalue weighted by Crippen LogP contribution is -2.48. The van der Waals surface area contributed by atoms with Crippen molar-refractivity contribution in [3.05, 3.63) is 12.3 Å². The van der Waals surface area contributed by atoms with Crippen LogP contribution in [0.4, 0.5) is 5.95 Å². The van der Waals surface area contributed by atoms with E-state index in [1.807, 2.05) is 6.92 Å². The van der Waals surface area contributed by atoms with Gasteiger partial charge >= 0.3 is 0 Å². The third kappa shape index (κ3) is 3.56. The van der Waals surface area contributed by atoms with Gasteiger partial charge in [-0.05, 0) is 38.5 Å². The van der Waals surface area contributed by atoms with E-state index in [0.717, 1.165) is 18.8 Å². The third-order valence-electron chi connectivity index (χ3n) is 3.92. The molecule has 1 aliphatic rings. The van der Waals surface area contributed by atoms with Gasteiger partial charge in [-0.25, -0.2) is 4.98 Å². The Hall–Kier alpha value is -1.36. The molecule has 1 fully saturated rings. The first-order valence-corrected chi connectivity index (χ1v) is 7.11. The molecule has 0 amide bonds. The van der Waals surface area contributed by atoms with Crippen LogP contribution in [0.15, 0.2) is 12.3 Å². The summed E-state index contributed by atoms with van der Waals surface area (Å²) in [6.07, 6.45) is 6.28. The molecule has 0 bridgehead atoms. The lowest BCUT2D eigenvalue weighted by molar-refractivity contribution is 0.270. The topological polar surface area (TPSA) is 73.1 Å². The molecule has 1 heterocycles. The average Bonchev–Trinajstić information content (AvgIpc) is 2.43. The van der Waals surface area contributed by atoms with E-state index >= 15 is 0 Å². The maximum Gasteiger partial charge on any atom is 0.226 e. The van der Waals surface area contributed by atoms with Crippen molar-refractivity contribution in [1.29, 1.82) is 0 Å². The fourth-order valence-electron chi connectivity index (χ4n) is 2.56. The largest absolute Gasteiger partial charge is 0.478 e. The molecule has 0 spiro atoms. The second-order valence-corrected chi connectivity index (χ2v) is 5.44. The molecule has 1 aromatic rings. The SMILES string of the molecule is CCOc1ccnc(NC2(CN)CCC(C)CC2)n1. The molecular formula is C14H24N4O. The highest BCUT2D eigenvalue weighted by Gasteiger charge is 2.33. The summed E-state index contributed by atoms with van der Waals surface area (Å²) in [5.41, 5.74) is 5.92. The maximum atomic E-state index is 5.98. The number of nitrogens with one attached hydrogen (secondary N) is 1. The monoisotopic (exact) mass is 264 g/mol. The fourth-order valence-corrected chi connectivity index (χ4v) is 2.56. The molecule has 0 saturated heterocycles. The fraction of sp³-hybridized carbons (Fsp3) is 0.714. The zero-order chi connectivity index (χ0) is 13.7. The second-order valence-electron chi connectivity index (χ2n) is 5.44. The van der Waals surface area contributed by atoms with Crippen LogP contribution in [-0.2, 0) is 0 Å². The molecule has 106 valence electrons. The van der Waals surface area contributed by atoms with Crippen LogP contribution in [0.2, 0.25) is 0 Å². The van der Waals surface area contributed by atoms with Gasteiger partial charge in [-0.2, -0.15) is 4.98 Å². The van der Waals surface area contributed by atoms with Gasteiger partial charge in [0.1, 0.15) is 0 Å². The Morgan fingerprint density at radius 1 is 1.47 bits per heavy atom. The molecule has 0 radical (unpaired) electrons. The molecule has 2 rings (SSSR count). The van der Waals surface area contributed by atoms with E-state index in [0.29, 0.717) is 25.0 Å². The van der Waals surface area contributed by atoms with E-state index in [9.17, 15) is 0 Å². The van der Waals surface area contributed by atoms with Gasteiger partial charge in [0.05, 0.1) is 12.1 Å². The van der Waals surface area contributed by atoms with Gasteiger partial charge in [-0.1, -0.05) is 6.92 Å². The minimum atomic E-state index is -0.0582. The molecule has 5 nitrogen and oxygen atoms in total. The van der Waals surface area contributed by atoms with E-state index in [-0.39, 0.29) is 5.54 Å². The van der Waals surface area contributed by atoms with E-state index in [1.165, 1.54) is 12.8 Å². The first kappa shape index (κ1) is 14.1. The minimum Gasteiger partial charge on any atom is -0.478 e. The predicted molar refractivity (Wildman–Crippen MR) is 76.2 cm³/mol. The Kier molecular flexibility index (Phi) is 4.58. The van der Waals surface area contributed by atoms with Crippen molar-refractivity contribution in [2.24, 2.45) is 11.7 Å². The number of aromatic nitrogens is 2. The van der Waals surface area contributed by atoms with Crippen molar-refractivity contribution in [3.8, 4) is 5.88 Å². The van der Waals surface area contributed by atoms with E-state index < -0.39 is 0 Å². The summed E-state index contributed by atoms with van der Waals surface area (Å²) in [5, 5.41) is 3.44. The molecule has 1 saturated carbocycles. The Morgan fingerprint density at radius 3 is 2.84 bits per heavy atom. The maximum absolute atomic E-state index is 5.98. The molecule has 19 heavy (non-hydrogen) atoms. The third-order valence-corrected chi connectivity index (χ3v) is 3.92. The predicted octanol–water partition coefficient (Wildman–Crippen LogP) is 2.19. The summed E-state index contributed by atoms with van der Waals surface area (Å²) in [6, 6.07) is 1.77. The smallest absolute Gasteiger partial charge is 0.226 e. The highest BCUT2D eigenvalue weighted by molar-refractivity contribution is 5.32. The first-order valence-electron chi connectivity index (χ1n) is 7.11. The number of rotatable bonds is 5. The molecule has 3 N–H and O–H groups in total.